The molecule has 1 saturated carbocycles. The third-order valence-corrected chi connectivity index (χ3v) is 4.12. The number of carboxylic acids is 1. The van der Waals surface area contributed by atoms with Gasteiger partial charge in [-0.15, -0.1) is 0 Å². The van der Waals surface area contributed by atoms with Crippen LogP contribution in [0.15, 0.2) is 29.5 Å². The molecule has 22 heavy (non-hydrogen) atoms. The summed E-state index contributed by atoms with van der Waals surface area (Å²) in [6.45, 7) is 1.54. The lowest BCUT2D eigenvalue weighted by Gasteiger charge is -2.31. The highest BCUT2D eigenvalue weighted by atomic mass is 19.4. The molecule has 1 fully saturated rings. The van der Waals surface area contributed by atoms with Gasteiger partial charge in [0.05, 0.1) is 0 Å². The van der Waals surface area contributed by atoms with Crippen LogP contribution in [0.25, 0.3) is 0 Å². The van der Waals surface area contributed by atoms with Gasteiger partial charge in [-0.1, -0.05) is 11.6 Å². The minimum atomic E-state index is -4.47. The first-order chi connectivity index (χ1) is 10.2. The van der Waals surface area contributed by atoms with Crippen LogP contribution in [-0.4, -0.2) is 22.1 Å². The second kappa shape index (κ2) is 6.08. The van der Waals surface area contributed by atoms with Crippen molar-refractivity contribution in [1.82, 2.24) is 4.98 Å². The van der Waals surface area contributed by atoms with Gasteiger partial charge in [0.25, 0.3) is 0 Å². The molecular weight excluding hydrogens is 297 g/mol. The normalized spacial score (nSPS) is 25.0. The van der Waals surface area contributed by atoms with Crippen LogP contribution < -0.4 is 5.73 Å². The lowest BCUT2D eigenvalue weighted by Crippen LogP contribution is -2.33. The van der Waals surface area contributed by atoms with Crippen molar-refractivity contribution in [3.8, 4) is 0 Å². The Morgan fingerprint density at radius 3 is 2.59 bits per heavy atom. The zero-order valence-corrected chi connectivity index (χ0v) is 12.0. The predicted molar refractivity (Wildman–Crippen MR) is 74.1 cm³/mol. The van der Waals surface area contributed by atoms with Gasteiger partial charge >= 0.3 is 12.1 Å². The number of alkyl halides is 3. The molecular formula is C15H17F3N2O2. The number of carbonyl (C=O) groups is 1. The predicted octanol–water partition coefficient (Wildman–Crippen LogP) is 3.10. The Labute approximate surface area is 125 Å². The number of carboxylic acid groups (broad SMARTS) is 1. The topological polar surface area (TPSA) is 76.2 Å². The molecule has 1 aliphatic rings. The van der Waals surface area contributed by atoms with E-state index in [2.05, 4.69) is 4.98 Å². The Kier molecular flexibility index (Phi) is 4.55. The fourth-order valence-corrected chi connectivity index (χ4v) is 2.71. The second-order valence-electron chi connectivity index (χ2n) is 5.52. The molecule has 2 rings (SSSR count). The standard InChI is InChI=1S/C15H17F3N2O2/c1-8(14(21)22)9-2-4-12(19)11(6-9)10-3-5-13(20-7-10)15(16,17)18/h3,5,7,11-12H,2,4,6,19H2,1H3,(H,21,22)/b9-8-/t11-,12+/m0/s1. The van der Waals surface area contributed by atoms with Crippen LogP contribution in [0.3, 0.4) is 0 Å². The fraction of sp³-hybridized carbons (Fsp3) is 0.467. The molecule has 2 atom stereocenters. The summed E-state index contributed by atoms with van der Waals surface area (Å²) in [4.78, 5) is 14.5. The van der Waals surface area contributed by atoms with Crippen LogP contribution in [0.4, 0.5) is 13.2 Å². The number of aliphatic carboxylic acids is 1. The van der Waals surface area contributed by atoms with E-state index in [0.29, 0.717) is 24.8 Å². The maximum atomic E-state index is 12.5. The first kappa shape index (κ1) is 16.5. The summed E-state index contributed by atoms with van der Waals surface area (Å²) in [5, 5.41) is 9.06. The number of rotatable bonds is 2. The van der Waals surface area contributed by atoms with Gasteiger partial charge in [0.2, 0.25) is 0 Å². The number of halogens is 3. The molecule has 3 N–H and O–H groups in total. The van der Waals surface area contributed by atoms with E-state index < -0.39 is 17.8 Å². The maximum Gasteiger partial charge on any atom is 0.433 e. The summed E-state index contributed by atoms with van der Waals surface area (Å²) in [5.74, 6) is -1.19. The Hall–Kier alpha value is -1.89. The van der Waals surface area contributed by atoms with E-state index in [-0.39, 0.29) is 17.5 Å². The SMILES string of the molecule is C/C(C(=O)O)=C1\CC[C@@H](N)[C@H](c2ccc(C(F)(F)F)nc2)C1. The van der Waals surface area contributed by atoms with Crippen molar-refractivity contribution in [3.05, 3.63) is 40.7 Å². The number of allylic oxidation sites excluding steroid dienone is 1. The van der Waals surface area contributed by atoms with Gasteiger partial charge in [-0.25, -0.2) is 4.79 Å². The van der Waals surface area contributed by atoms with Crippen molar-refractivity contribution in [3.63, 3.8) is 0 Å². The first-order valence-corrected chi connectivity index (χ1v) is 6.90. The lowest BCUT2D eigenvalue weighted by molar-refractivity contribution is -0.141. The van der Waals surface area contributed by atoms with Crippen molar-refractivity contribution in [2.75, 3.05) is 0 Å². The largest absolute Gasteiger partial charge is 0.478 e. The molecule has 0 spiro atoms. The van der Waals surface area contributed by atoms with E-state index in [1.165, 1.54) is 19.2 Å². The van der Waals surface area contributed by atoms with Crippen LogP contribution in [-0.2, 0) is 11.0 Å². The number of hydrogen-bond donors (Lipinski definition) is 2. The zero-order chi connectivity index (χ0) is 16.5. The highest BCUT2D eigenvalue weighted by Crippen LogP contribution is 2.37. The van der Waals surface area contributed by atoms with E-state index in [1.807, 2.05) is 0 Å². The third kappa shape index (κ3) is 3.47. The van der Waals surface area contributed by atoms with Crippen LogP contribution in [0.5, 0.6) is 0 Å². The van der Waals surface area contributed by atoms with Gasteiger partial charge in [-0.05, 0) is 37.8 Å². The maximum absolute atomic E-state index is 12.5. The number of pyridine rings is 1. The highest BCUT2D eigenvalue weighted by molar-refractivity contribution is 5.86. The number of nitrogens with zero attached hydrogens (tertiary/aromatic N) is 1. The van der Waals surface area contributed by atoms with E-state index in [4.69, 9.17) is 10.8 Å². The molecule has 0 aliphatic heterocycles. The van der Waals surface area contributed by atoms with Crippen LogP contribution in [0, 0.1) is 0 Å². The number of nitrogens with two attached hydrogens (primary N) is 1. The monoisotopic (exact) mass is 314 g/mol. The van der Waals surface area contributed by atoms with Gasteiger partial charge in [-0.3, -0.25) is 4.98 Å². The summed E-state index contributed by atoms with van der Waals surface area (Å²) >= 11 is 0. The molecule has 1 heterocycles. The van der Waals surface area contributed by atoms with Gasteiger partial charge in [0.15, 0.2) is 0 Å². The molecule has 0 amide bonds. The molecule has 0 unspecified atom stereocenters. The summed E-state index contributed by atoms with van der Waals surface area (Å²) in [6, 6.07) is 2.09. The average molecular weight is 314 g/mol. The van der Waals surface area contributed by atoms with Crippen molar-refractivity contribution in [2.24, 2.45) is 5.73 Å². The average Bonchev–Trinajstić information content (AvgIpc) is 2.46. The lowest BCUT2D eigenvalue weighted by atomic mass is 9.77. The van der Waals surface area contributed by atoms with Crippen molar-refractivity contribution >= 4 is 5.97 Å². The van der Waals surface area contributed by atoms with Crippen molar-refractivity contribution in [1.29, 1.82) is 0 Å². The van der Waals surface area contributed by atoms with Gasteiger partial charge in [0, 0.05) is 23.7 Å². The van der Waals surface area contributed by atoms with Gasteiger partial charge in [-0.2, -0.15) is 13.2 Å². The molecule has 0 radical (unpaired) electrons. The Balaban J connectivity index is 2.26. The van der Waals surface area contributed by atoms with Gasteiger partial charge < -0.3 is 10.8 Å². The molecule has 4 nitrogen and oxygen atoms in total. The number of aromatic nitrogens is 1. The Bertz CT molecular complexity index is 594. The summed E-state index contributed by atoms with van der Waals surface area (Å²) in [5.41, 5.74) is 6.79. The minimum absolute atomic E-state index is 0.215. The molecule has 0 aromatic carbocycles. The molecule has 1 aromatic heterocycles. The van der Waals surface area contributed by atoms with Crippen LogP contribution >= 0.6 is 0 Å². The van der Waals surface area contributed by atoms with E-state index in [9.17, 15) is 18.0 Å². The summed E-state index contributed by atoms with van der Waals surface area (Å²) < 4.78 is 37.6. The van der Waals surface area contributed by atoms with E-state index >= 15 is 0 Å². The van der Waals surface area contributed by atoms with Crippen LogP contribution in [0.1, 0.15) is 43.4 Å². The van der Waals surface area contributed by atoms with E-state index in [1.54, 1.807) is 0 Å². The fourth-order valence-electron chi connectivity index (χ4n) is 2.71. The molecule has 0 bridgehead atoms. The van der Waals surface area contributed by atoms with Crippen molar-refractivity contribution < 1.29 is 23.1 Å². The summed E-state index contributed by atoms with van der Waals surface area (Å²) in [6.07, 6.45) is -1.65. The molecule has 7 heteroatoms. The second-order valence-corrected chi connectivity index (χ2v) is 5.52. The van der Waals surface area contributed by atoms with Crippen molar-refractivity contribution in [2.45, 2.75) is 44.3 Å². The highest BCUT2D eigenvalue weighted by Gasteiger charge is 2.33. The molecule has 1 aliphatic carbocycles. The Morgan fingerprint density at radius 1 is 1.41 bits per heavy atom. The molecule has 120 valence electrons. The minimum Gasteiger partial charge on any atom is -0.478 e. The summed E-state index contributed by atoms with van der Waals surface area (Å²) in [7, 11) is 0. The number of hydrogen-bond acceptors (Lipinski definition) is 3. The quantitative estimate of drug-likeness (QED) is 0.822. The Morgan fingerprint density at radius 2 is 2.09 bits per heavy atom. The smallest absolute Gasteiger partial charge is 0.433 e. The zero-order valence-electron chi connectivity index (χ0n) is 12.0. The van der Waals surface area contributed by atoms with E-state index in [0.717, 1.165) is 11.6 Å². The molecule has 1 aromatic rings. The first-order valence-electron chi connectivity index (χ1n) is 6.90. The van der Waals surface area contributed by atoms with Gasteiger partial charge in [0.1, 0.15) is 5.69 Å². The van der Waals surface area contributed by atoms with Crippen LogP contribution in [0.2, 0.25) is 0 Å². The third-order valence-electron chi connectivity index (χ3n) is 4.12. The molecule has 0 saturated heterocycles.